The number of rotatable bonds is 6. The summed E-state index contributed by atoms with van der Waals surface area (Å²) < 4.78 is 28.8. The molecule has 0 atom stereocenters. The molecule has 1 aromatic carbocycles. The van der Waals surface area contributed by atoms with E-state index in [0.29, 0.717) is 15.1 Å². The first-order chi connectivity index (χ1) is 8.49. The smallest absolute Gasteiger partial charge is 0.261 e. The minimum Gasteiger partial charge on any atom is -0.374 e. The maximum atomic E-state index is 11.7. The molecule has 0 spiro atoms. The summed E-state index contributed by atoms with van der Waals surface area (Å²) in [5, 5.41) is 2.97. The molecule has 0 saturated heterocycles. The van der Waals surface area contributed by atoms with E-state index in [0.717, 1.165) is 0 Å². The first-order valence-corrected chi connectivity index (χ1v) is 6.26. The molecule has 7 heteroatoms. The van der Waals surface area contributed by atoms with Crippen LogP contribution in [0, 0.1) is 0 Å². The van der Waals surface area contributed by atoms with Crippen molar-refractivity contribution in [2.24, 2.45) is 0 Å². The van der Waals surface area contributed by atoms with E-state index in [2.05, 4.69) is 26.0 Å². The molecule has 1 amide bonds. The third-order valence-corrected chi connectivity index (χ3v) is 2.58. The number of alkyl halides is 2. The summed E-state index contributed by atoms with van der Waals surface area (Å²) in [4.78, 5) is 11.7. The van der Waals surface area contributed by atoms with E-state index in [1.807, 2.05) is 0 Å². The zero-order chi connectivity index (χ0) is 13.5. The van der Waals surface area contributed by atoms with Gasteiger partial charge < -0.3 is 10.1 Å². The molecule has 1 rings (SSSR count). The molecule has 1 aromatic rings. The van der Waals surface area contributed by atoms with Crippen LogP contribution >= 0.6 is 27.5 Å². The lowest BCUT2D eigenvalue weighted by Gasteiger charge is -2.07. The Morgan fingerprint density at radius 2 is 2.17 bits per heavy atom. The highest BCUT2D eigenvalue weighted by Crippen LogP contribution is 2.19. The summed E-state index contributed by atoms with van der Waals surface area (Å²) in [6.45, 7) is -0.425. The lowest BCUT2D eigenvalue weighted by Crippen LogP contribution is -2.27. The second-order valence-electron chi connectivity index (χ2n) is 3.38. The molecule has 0 aliphatic rings. The van der Waals surface area contributed by atoms with E-state index < -0.39 is 13.0 Å². The monoisotopic (exact) mass is 341 g/mol. The van der Waals surface area contributed by atoms with Gasteiger partial charge in [-0.2, -0.15) is 0 Å². The average molecular weight is 343 g/mol. The Balaban J connectivity index is 2.36. The first-order valence-electron chi connectivity index (χ1n) is 5.09. The highest BCUT2D eigenvalue weighted by atomic mass is 79.9. The number of hydrogen-bond donors (Lipinski definition) is 1. The van der Waals surface area contributed by atoms with E-state index in [1.54, 1.807) is 12.1 Å². The Hall–Kier alpha value is -0.720. The van der Waals surface area contributed by atoms with Crippen LogP contribution in [0.2, 0.25) is 5.02 Å². The fraction of sp³-hybridized carbons (Fsp3) is 0.364. The van der Waals surface area contributed by atoms with Crippen molar-refractivity contribution in [3.8, 4) is 0 Å². The third-order valence-electron chi connectivity index (χ3n) is 1.90. The minimum atomic E-state index is -2.50. The molecule has 0 bridgehead atoms. The van der Waals surface area contributed by atoms with Gasteiger partial charge in [-0.1, -0.05) is 27.5 Å². The van der Waals surface area contributed by atoms with E-state index in [4.69, 9.17) is 11.6 Å². The van der Waals surface area contributed by atoms with Crippen molar-refractivity contribution in [3.63, 3.8) is 0 Å². The van der Waals surface area contributed by atoms with Crippen molar-refractivity contribution < 1.29 is 18.3 Å². The number of hydrogen-bond acceptors (Lipinski definition) is 2. The van der Waals surface area contributed by atoms with Gasteiger partial charge in [0.2, 0.25) is 0 Å². The van der Waals surface area contributed by atoms with Crippen LogP contribution in [0.5, 0.6) is 0 Å². The van der Waals surface area contributed by atoms with Crippen LogP contribution < -0.4 is 5.32 Å². The lowest BCUT2D eigenvalue weighted by atomic mass is 10.2. The van der Waals surface area contributed by atoms with E-state index in [1.165, 1.54) is 6.07 Å². The molecule has 0 aliphatic heterocycles. The van der Waals surface area contributed by atoms with Gasteiger partial charge in [0.15, 0.2) is 0 Å². The van der Waals surface area contributed by atoms with E-state index >= 15 is 0 Å². The summed E-state index contributed by atoms with van der Waals surface area (Å²) in [5.74, 6) is -0.334. The number of amides is 1. The van der Waals surface area contributed by atoms with Gasteiger partial charge in [-0.3, -0.25) is 4.79 Å². The van der Waals surface area contributed by atoms with Crippen molar-refractivity contribution in [1.82, 2.24) is 5.32 Å². The number of nitrogens with one attached hydrogen (secondary N) is 1. The van der Waals surface area contributed by atoms with Gasteiger partial charge in [-0.25, -0.2) is 8.78 Å². The lowest BCUT2D eigenvalue weighted by molar-refractivity contribution is 0.0188. The molecule has 0 unspecified atom stereocenters. The molecular weight excluding hydrogens is 331 g/mol. The van der Waals surface area contributed by atoms with Crippen molar-refractivity contribution in [2.75, 3.05) is 19.8 Å². The third kappa shape index (κ3) is 5.75. The summed E-state index contributed by atoms with van der Waals surface area (Å²) in [5.41, 5.74) is 0.392. The zero-order valence-electron chi connectivity index (χ0n) is 9.26. The second-order valence-corrected chi connectivity index (χ2v) is 4.73. The van der Waals surface area contributed by atoms with Crippen molar-refractivity contribution >= 4 is 33.4 Å². The van der Waals surface area contributed by atoms with Gasteiger partial charge >= 0.3 is 0 Å². The van der Waals surface area contributed by atoms with E-state index in [9.17, 15) is 13.6 Å². The molecule has 0 fully saturated rings. The summed E-state index contributed by atoms with van der Waals surface area (Å²) in [6, 6.07) is 4.78. The van der Waals surface area contributed by atoms with Gasteiger partial charge in [-0.05, 0) is 18.2 Å². The molecule has 1 N–H and O–H groups in total. The number of carbonyl (C=O) groups is 1. The average Bonchev–Trinajstić information content (AvgIpc) is 2.26. The molecule has 0 heterocycles. The Bertz CT molecular complexity index is 398. The van der Waals surface area contributed by atoms with Crippen LogP contribution in [-0.2, 0) is 4.74 Å². The van der Waals surface area contributed by atoms with Gasteiger partial charge in [-0.15, -0.1) is 0 Å². The SMILES string of the molecule is O=C(NCCOCC(F)F)c1cc(Cl)cc(Br)c1. The van der Waals surface area contributed by atoms with E-state index in [-0.39, 0.29) is 19.1 Å². The Morgan fingerprint density at radius 1 is 1.44 bits per heavy atom. The van der Waals surface area contributed by atoms with Crippen molar-refractivity contribution in [1.29, 1.82) is 0 Å². The molecular formula is C11H11BrClF2NO2. The molecule has 0 saturated carbocycles. The fourth-order valence-electron chi connectivity index (χ4n) is 1.20. The summed E-state index contributed by atoms with van der Waals surface area (Å²) in [6.07, 6.45) is -2.50. The van der Waals surface area contributed by atoms with Crippen molar-refractivity contribution in [2.45, 2.75) is 6.43 Å². The van der Waals surface area contributed by atoms with Crippen LogP contribution in [-0.4, -0.2) is 32.1 Å². The standard InChI is InChI=1S/C11H11BrClF2NO2/c12-8-3-7(4-9(13)5-8)11(17)16-1-2-18-6-10(14)15/h3-5,10H,1-2,6H2,(H,16,17). The van der Waals surface area contributed by atoms with Crippen LogP contribution in [0.4, 0.5) is 8.78 Å². The minimum absolute atomic E-state index is 0.0395. The molecule has 3 nitrogen and oxygen atoms in total. The number of ether oxygens (including phenoxy) is 1. The molecule has 0 radical (unpaired) electrons. The zero-order valence-corrected chi connectivity index (χ0v) is 11.6. The quantitative estimate of drug-likeness (QED) is 0.807. The molecule has 0 aliphatic carbocycles. The molecule has 100 valence electrons. The highest BCUT2D eigenvalue weighted by Gasteiger charge is 2.07. The maximum absolute atomic E-state index is 11.7. The Labute approximate surface area is 117 Å². The van der Waals surface area contributed by atoms with Crippen LogP contribution in [0.1, 0.15) is 10.4 Å². The number of carbonyl (C=O) groups excluding carboxylic acids is 1. The fourth-order valence-corrected chi connectivity index (χ4v) is 2.06. The predicted molar refractivity (Wildman–Crippen MR) is 68.3 cm³/mol. The van der Waals surface area contributed by atoms with Crippen molar-refractivity contribution in [3.05, 3.63) is 33.3 Å². The topological polar surface area (TPSA) is 38.3 Å². The molecule has 0 aromatic heterocycles. The van der Waals surface area contributed by atoms with Crippen LogP contribution in [0.15, 0.2) is 22.7 Å². The first kappa shape index (κ1) is 15.3. The second kappa shape index (κ2) is 7.66. The Morgan fingerprint density at radius 3 is 2.78 bits per heavy atom. The number of benzene rings is 1. The van der Waals surface area contributed by atoms with Gasteiger partial charge in [0, 0.05) is 21.6 Å². The maximum Gasteiger partial charge on any atom is 0.261 e. The predicted octanol–water partition coefficient (Wildman–Crippen LogP) is 3.11. The van der Waals surface area contributed by atoms with Crippen LogP contribution in [0.25, 0.3) is 0 Å². The van der Waals surface area contributed by atoms with Gasteiger partial charge in [0.1, 0.15) is 6.61 Å². The normalized spacial score (nSPS) is 10.7. The van der Waals surface area contributed by atoms with Gasteiger partial charge in [0.25, 0.3) is 12.3 Å². The summed E-state index contributed by atoms with van der Waals surface area (Å²) >= 11 is 9.01. The largest absolute Gasteiger partial charge is 0.374 e. The Kier molecular flexibility index (Phi) is 6.52. The van der Waals surface area contributed by atoms with Gasteiger partial charge in [0.05, 0.1) is 6.61 Å². The highest BCUT2D eigenvalue weighted by molar-refractivity contribution is 9.10. The number of halogens is 4. The summed E-state index contributed by atoms with van der Waals surface area (Å²) in [7, 11) is 0. The van der Waals surface area contributed by atoms with Crippen LogP contribution in [0.3, 0.4) is 0 Å². The molecule has 18 heavy (non-hydrogen) atoms.